The average Bonchev–Trinajstić information content (AvgIpc) is 3.13. The summed E-state index contributed by atoms with van der Waals surface area (Å²) in [6.45, 7) is 6.92. The summed E-state index contributed by atoms with van der Waals surface area (Å²) in [5.74, 6) is 0.450. The molecular formula is C25H26F3N3. The van der Waals surface area contributed by atoms with Crippen molar-refractivity contribution in [3.8, 4) is 6.07 Å². The summed E-state index contributed by atoms with van der Waals surface area (Å²) in [7, 11) is 0. The van der Waals surface area contributed by atoms with E-state index >= 15 is 0 Å². The van der Waals surface area contributed by atoms with Gasteiger partial charge in [0, 0.05) is 38.1 Å². The normalized spacial score (nSPS) is 11.8. The van der Waals surface area contributed by atoms with Crippen LogP contribution in [0, 0.1) is 17.2 Å². The third kappa shape index (κ3) is 6.47. The molecule has 3 aromatic rings. The number of alkyl halides is 3. The van der Waals surface area contributed by atoms with Crippen molar-refractivity contribution in [3.63, 3.8) is 0 Å². The van der Waals surface area contributed by atoms with Gasteiger partial charge in [0.15, 0.2) is 0 Å². The molecular weight excluding hydrogens is 399 g/mol. The zero-order chi connectivity index (χ0) is 22.4. The highest BCUT2D eigenvalue weighted by Gasteiger charge is 2.30. The van der Waals surface area contributed by atoms with Crippen molar-refractivity contribution in [1.29, 1.82) is 5.26 Å². The van der Waals surface area contributed by atoms with Gasteiger partial charge in [-0.25, -0.2) is 0 Å². The summed E-state index contributed by atoms with van der Waals surface area (Å²) in [5.41, 5.74) is 2.72. The van der Waals surface area contributed by atoms with Crippen LogP contribution in [-0.2, 0) is 25.8 Å². The minimum atomic E-state index is -4.35. The maximum atomic E-state index is 13.0. The van der Waals surface area contributed by atoms with Gasteiger partial charge in [-0.2, -0.15) is 18.4 Å². The van der Waals surface area contributed by atoms with Crippen LogP contribution in [0.15, 0.2) is 66.9 Å². The molecule has 0 saturated carbocycles. The summed E-state index contributed by atoms with van der Waals surface area (Å²) < 4.78 is 41.1. The van der Waals surface area contributed by atoms with E-state index in [2.05, 4.69) is 24.8 Å². The molecule has 0 saturated heterocycles. The second-order valence-corrected chi connectivity index (χ2v) is 8.20. The van der Waals surface area contributed by atoms with Gasteiger partial charge in [0.25, 0.3) is 0 Å². The summed E-state index contributed by atoms with van der Waals surface area (Å²) >= 11 is 0. The Kier molecular flexibility index (Phi) is 7.19. The number of benzene rings is 2. The molecule has 0 aliphatic rings. The Hall–Kier alpha value is -3.04. The molecule has 0 atom stereocenters. The van der Waals surface area contributed by atoms with Gasteiger partial charge in [-0.15, -0.1) is 0 Å². The Morgan fingerprint density at radius 2 is 1.71 bits per heavy atom. The lowest BCUT2D eigenvalue weighted by Gasteiger charge is -2.25. The highest BCUT2D eigenvalue weighted by molar-refractivity contribution is 5.32. The van der Waals surface area contributed by atoms with Gasteiger partial charge < -0.3 is 4.57 Å². The Morgan fingerprint density at radius 1 is 0.968 bits per heavy atom. The third-order valence-corrected chi connectivity index (χ3v) is 5.00. The van der Waals surface area contributed by atoms with Crippen molar-refractivity contribution in [3.05, 3.63) is 94.8 Å². The van der Waals surface area contributed by atoms with E-state index < -0.39 is 11.7 Å². The molecule has 0 aliphatic carbocycles. The Bertz CT molecular complexity index is 1040. The fraction of sp³-hybridized carbons (Fsp3) is 0.320. The van der Waals surface area contributed by atoms with Gasteiger partial charge in [0.05, 0.1) is 17.2 Å². The van der Waals surface area contributed by atoms with Crippen molar-refractivity contribution in [2.45, 2.75) is 39.7 Å². The fourth-order valence-corrected chi connectivity index (χ4v) is 3.72. The fourth-order valence-electron chi connectivity index (χ4n) is 3.72. The quantitative estimate of drug-likeness (QED) is 0.438. The van der Waals surface area contributed by atoms with Crippen LogP contribution in [0.1, 0.15) is 41.8 Å². The molecule has 1 aromatic heterocycles. The molecule has 2 aromatic carbocycles. The molecule has 0 amide bonds. The topological polar surface area (TPSA) is 32.0 Å². The third-order valence-electron chi connectivity index (χ3n) is 5.00. The van der Waals surface area contributed by atoms with Gasteiger partial charge >= 0.3 is 6.18 Å². The molecule has 162 valence electrons. The van der Waals surface area contributed by atoms with E-state index in [0.717, 1.165) is 23.9 Å². The second-order valence-electron chi connectivity index (χ2n) is 8.20. The van der Waals surface area contributed by atoms with E-state index in [1.54, 1.807) is 12.1 Å². The zero-order valence-electron chi connectivity index (χ0n) is 17.7. The Morgan fingerprint density at radius 3 is 2.42 bits per heavy atom. The maximum absolute atomic E-state index is 13.0. The molecule has 1 heterocycles. The van der Waals surface area contributed by atoms with Crippen LogP contribution in [0.2, 0.25) is 0 Å². The van der Waals surface area contributed by atoms with Gasteiger partial charge in [0.2, 0.25) is 0 Å². The summed E-state index contributed by atoms with van der Waals surface area (Å²) in [5, 5.41) is 9.16. The lowest BCUT2D eigenvalue weighted by atomic mass is 10.1. The molecule has 0 fully saturated rings. The van der Waals surface area contributed by atoms with Gasteiger partial charge in [-0.05, 0) is 53.4 Å². The summed E-state index contributed by atoms with van der Waals surface area (Å²) in [6.07, 6.45) is -2.44. The minimum absolute atomic E-state index is 0.381. The average molecular weight is 425 g/mol. The molecule has 0 N–H and O–H groups in total. The maximum Gasteiger partial charge on any atom is 0.416 e. The first-order chi connectivity index (χ1) is 14.7. The first-order valence-electron chi connectivity index (χ1n) is 10.3. The number of aromatic nitrogens is 1. The van der Waals surface area contributed by atoms with Gasteiger partial charge in [-0.1, -0.05) is 38.1 Å². The molecule has 0 aliphatic heterocycles. The number of rotatable bonds is 8. The van der Waals surface area contributed by atoms with Crippen LogP contribution in [0.5, 0.6) is 0 Å². The molecule has 0 unspecified atom stereocenters. The van der Waals surface area contributed by atoms with Crippen LogP contribution in [0.25, 0.3) is 0 Å². The Labute approximate surface area is 181 Å². The van der Waals surface area contributed by atoms with Crippen molar-refractivity contribution in [2.24, 2.45) is 5.92 Å². The number of hydrogen-bond donors (Lipinski definition) is 0. The minimum Gasteiger partial charge on any atom is -0.346 e. The lowest BCUT2D eigenvalue weighted by molar-refractivity contribution is -0.137. The van der Waals surface area contributed by atoms with Crippen LogP contribution in [0.4, 0.5) is 13.2 Å². The van der Waals surface area contributed by atoms with E-state index in [-0.39, 0.29) is 0 Å². The molecule has 0 bridgehead atoms. The van der Waals surface area contributed by atoms with Crippen LogP contribution < -0.4 is 0 Å². The standard InChI is InChI=1S/C25H26F3N3/c1-19(2)15-30(16-21-7-3-6-20(12-21)14-29)18-24-10-5-11-31(24)17-22-8-4-9-23(13-22)25(26,27)28/h3-13,19H,15-18H2,1-2H3. The predicted octanol–water partition coefficient (Wildman–Crippen LogP) is 6.09. The first-order valence-corrected chi connectivity index (χ1v) is 10.3. The largest absolute Gasteiger partial charge is 0.416 e. The Balaban J connectivity index is 1.78. The number of hydrogen-bond acceptors (Lipinski definition) is 2. The van der Waals surface area contributed by atoms with Crippen LogP contribution in [-0.4, -0.2) is 16.0 Å². The van der Waals surface area contributed by atoms with Crippen molar-refractivity contribution >= 4 is 0 Å². The SMILES string of the molecule is CC(C)CN(Cc1cccc(C#N)c1)Cc1cccn1Cc1cccc(C(F)(F)F)c1. The molecule has 0 radical (unpaired) electrons. The first kappa shape index (κ1) is 22.6. The van der Waals surface area contributed by atoms with Crippen molar-refractivity contribution < 1.29 is 13.2 Å². The number of nitriles is 1. The molecule has 31 heavy (non-hydrogen) atoms. The van der Waals surface area contributed by atoms with Gasteiger partial charge in [-0.3, -0.25) is 4.90 Å². The predicted molar refractivity (Wildman–Crippen MR) is 115 cm³/mol. The number of halogens is 3. The van der Waals surface area contributed by atoms with Crippen LogP contribution in [0.3, 0.4) is 0 Å². The highest BCUT2D eigenvalue weighted by atomic mass is 19.4. The number of nitrogens with zero attached hydrogens (tertiary/aromatic N) is 3. The van der Waals surface area contributed by atoms with Crippen molar-refractivity contribution in [2.75, 3.05) is 6.54 Å². The smallest absolute Gasteiger partial charge is 0.346 e. The summed E-state index contributed by atoms with van der Waals surface area (Å²) in [6, 6.07) is 19.2. The van der Waals surface area contributed by atoms with E-state index in [0.29, 0.717) is 36.7 Å². The molecule has 6 heteroatoms. The van der Waals surface area contributed by atoms with Gasteiger partial charge in [0.1, 0.15) is 0 Å². The zero-order valence-corrected chi connectivity index (χ0v) is 17.7. The van der Waals surface area contributed by atoms with E-state index in [1.807, 2.05) is 41.1 Å². The van der Waals surface area contributed by atoms with E-state index in [4.69, 9.17) is 5.26 Å². The molecule has 0 spiro atoms. The second kappa shape index (κ2) is 9.84. The highest BCUT2D eigenvalue weighted by Crippen LogP contribution is 2.29. The van der Waals surface area contributed by atoms with Crippen LogP contribution >= 0.6 is 0 Å². The monoisotopic (exact) mass is 425 g/mol. The van der Waals surface area contributed by atoms with Crippen molar-refractivity contribution in [1.82, 2.24) is 9.47 Å². The lowest BCUT2D eigenvalue weighted by Crippen LogP contribution is -2.28. The molecule has 3 rings (SSSR count). The summed E-state index contributed by atoms with van der Waals surface area (Å²) in [4.78, 5) is 2.30. The van der Waals surface area contributed by atoms with E-state index in [9.17, 15) is 13.2 Å². The molecule has 3 nitrogen and oxygen atoms in total. The van der Waals surface area contributed by atoms with E-state index in [1.165, 1.54) is 12.1 Å².